The van der Waals surface area contributed by atoms with Crippen LogP contribution in [0.1, 0.15) is 37.3 Å². The molecule has 220 valence electrons. The smallest absolute Gasteiger partial charge is 0.255 e. The van der Waals surface area contributed by atoms with Crippen LogP contribution in [-0.2, 0) is 25.6 Å². The molecule has 0 saturated heterocycles. The Hall–Kier alpha value is -4.48. The average molecular weight is 576 g/mol. The predicted molar refractivity (Wildman–Crippen MR) is 153 cm³/mol. The number of benzene rings is 2. The molecule has 4 unspecified atom stereocenters. The van der Waals surface area contributed by atoms with Gasteiger partial charge in [-0.15, -0.1) is 0 Å². The van der Waals surface area contributed by atoms with E-state index in [-0.39, 0.29) is 35.6 Å². The Bertz CT molecular complexity index is 1610. The molecule has 3 aliphatic rings. The van der Waals surface area contributed by atoms with Gasteiger partial charge in [-0.2, -0.15) is 0 Å². The van der Waals surface area contributed by atoms with E-state index in [2.05, 4.69) is 5.32 Å². The third kappa shape index (κ3) is 4.27. The zero-order valence-corrected chi connectivity index (χ0v) is 23.5. The number of primary amides is 1. The lowest BCUT2D eigenvalue weighted by molar-refractivity contribution is -0.153. The maximum absolute atomic E-state index is 14.0. The number of aliphatic hydroxyl groups is 3. The monoisotopic (exact) mass is 575 g/mol. The van der Waals surface area contributed by atoms with Crippen LogP contribution in [0.15, 0.2) is 53.3 Å². The highest BCUT2D eigenvalue weighted by molar-refractivity contribution is 6.24. The summed E-state index contributed by atoms with van der Waals surface area (Å²) in [4.78, 5) is 53.0. The summed E-state index contributed by atoms with van der Waals surface area (Å²) in [6, 6.07) is 9.02. The molecular weight excluding hydrogens is 542 g/mol. The number of fused-ring (bicyclic) bond motifs is 3. The fourth-order valence-electron chi connectivity index (χ4n) is 6.73. The fraction of sp³-hybridized carbons (Fsp3) is 0.355. The van der Waals surface area contributed by atoms with E-state index in [0.29, 0.717) is 35.2 Å². The largest absolute Gasteiger partial charge is 0.508 e. The van der Waals surface area contributed by atoms with E-state index in [0.717, 1.165) is 0 Å². The molecule has 3 aliphatic carbocycles. The molecule has 0 heterocycles. The standard InChI is InChI=1S/C31H33N3O8/c1-4-6-21(36)33-16-8-5-7-14(11-16)17-9-10-20(35)23-18(17)12-15-13-19-25(34(2)3)27(38)24(30(32)41)29(40)31(19,42)28(39)22(15)26(23)37/h5,7-11,15,19,25,35,37,40,42H,4,6,12-13H2,1-3H3,(H2,32,41)(H,33,36). The van der Waals surface area contributed by atoms with Crippen molar-refractivity contribution in [3.8, 4) is 16.9 Å². The number of Topliss-reactive ketones (excluding diaryl/α,β-unsaturated/α-hetero) is 2. The maximum Gasteiger partial charge on any atom is 0.255 e. The maximum atomic E-state index is 14.0. The molecule has 0 radical (unpaired) electrons. The topological polar surface area (TPSA) is 190 Å². The molecule has 0 aliphatic heterocycles. The first-order valence-corrected chi connectivity index (χ1v) is 13.7. The van der Waals surface area contributed by atoms with Crippen LogP contribution in [0.25, 0.3) is 16.9 Å². The highest BCUT2D eigenvalue weighted by atomic mass is 16.3. The van der Waals surface area contributed by atoms with Gasteiger partial charge in [0.25, 0.3) is 5.91 Å². The van der Waals surface area contributed by atoms with Gasteiger partial charge in [0.05, 0.1) is 11.6 Å². The number of phenolic OH excluding ortho intramolecular Hbond substituents is 1. The Kier molecular flexibility index (Phi) is 7.20. The summed E-state index contributed by atoms with van der Waals surface area (Å²) in [5.74, 6) is -7.11. The third-order valence-electron chi connectivity index (χ3n) is 8.54. The lowest BCUT2D eigenvalue weighted by Crippen LogP contribution is -2.65. The number of hydrogen-bond donors (Lipinski definition) is 6. The number of ketones is 2. The summed E-state index contributed by atoms with van der Waals surface area (Å²) in [5, 5.41) is 47.9. The molecule has 0 bridgehead atoms. The van der Waals surface area contributed by atoms with Gasteiger partial charge in [-0.25, -0.2) is 0 Å². The van der Waals surface area contributed by atoms with E-state index in [4.69, 9.17) is 5.73 Å². The molecule has 11 nitrogen and oxygen atoms in total. The second-order valence-corrected chi connectivity index (χ2v) is 11.3. The summed E-state index contributed by atoms with van der Waals surface area (Å²) in [6.07, 6.45) is 1.21. The lowest BCUT2D eigenvalue weighted by atomic mass is 9.57. The first-order valence-electron chi connectivity index (χ1n) is 13.7. The number of anilines is 1. The number of carbonyl (C=O) groups is 4. The lowest BCUT2D eigenvalue weighted by Gasteiger charge is -2.50. The van der Waals surface area contributed by atoms with Crippen LogP contribution >= 0.6 is 0 Å². The van der Waals surface area contributed by atoms with Crippen LogP contribution in [0, 0.1) is 11.8 Å². The summed E-state index contributed by atoms with van der Waals surface area (Å²) in [6.45, 7) is 1.90. The second kappa shape index (κ2) is 10.4. The van der Waals surface area contributed by atoms with Crippen LogP contribution in [0.4, 0.5) is 5.69 Å². The number of nitrogens with two attached hydrogens (primary N) is 1. The van der Waals surface area contributed by atoms with Crippen molar-refractivity contribution in [1.29, 1.82) is 0 Å². The van der Waals surface area contributed by atoms with Gasteiger partial charge < -0.3 is 31.5 Å². The van der Waals surface area contributed by atoms with Gasteiger partial charge in [0.2, 0.25) is 11.7 Å². The van der Waals surface area contributed by atoms with Gasteiger partial charge in [-0.1, -0.05) is 25.1 Å². The summed E-state index contributed by atoms with van der Waals surface area (Å²) in [5.41, 5.74) is 4.07. The number of carbonyl (C=O) groups excluding carboxylic acids is 4. The number of aromatic hydroxyl groups is 1. The number of aliphatic hydroxyl groups excluding tert-OH is 2. The molecule has 0 aromatic heterocycles. The van der Waals surface area contributed by atoms with Crippen molar-refractivity contribution in [2.75, 3.05) is 19.4 Å². The van der Waals surface area contributed by atoms with Gasteiger partial charge in [-0.3, -0.25) is 24.1 Å². The van der Waals surface area contributed by atoms with Gasteiger partial charge in [-0.05, 0) is 74.2 Å². The highest BCUT2D eigenvalue weighted by Gasteiger charge is 2.64. The Morgan fingerprint density at radius 2 is 1.83 bits per heavy atom. The zero-order valence-electron chi connectivity index (χ0n) is 23.5. The minimum atomic E-state index is -2.69. The number of nitrogens with zero attached hydrogens (tertiary/aromatic N) is 1. The van der Waals surface area contributed by atoms with E-state index < -0.39 is 58.0 Å². The zero-order chi connectivity index (χ0) is 30.7. The molecule has 4 atom stereocenters. The number of rotatable bonds is 6. The van der Waals surface area contributed by atoms with E-state index in [1.165, 1.54) is 11.0 Å². The average Bonchev–Trinajstić information content (AvgIpc) is 2.90. The van der Waals surface area contributed by atoms with Crippen molar-refractivity contribution in [2.24, 2.45) is 17.6 Å². The summed E-state index contributed by atoms with van der Waals surface area (Å²) in [7, 11) is 3.10. The quantitative estimate of drug-likeness (QED) is 0.281. The van der Waals surface area contributed by atoms with E-state index >= 15 is 0 Å². The molecule has 7 N–H and O–H groups in total. The number of nitrogens with one attached hydrogen (secondary N) is 1. The first kappa shape index (κ1) is 29.0. The highest BCUT2D eigenvalue weighted by Crippen LogP contribution is 2.53. The minimum Gasteiger partial charge on any atom is -0.508 e. The number of phenols is 1. The third-order valence-corrected chi connectivity index (χ3v) is 8.54. The molecular formula is C31H33N3O8. The van der Waals surface area contributed by atoms with Crippen molar-refractivity contribution in [2.45, 2.75) is 44.2 Å². The van der Waals surface area contributed by atoms with Gasteiger partial charge in [0.1, 0.15) is 22.8 Å². The normalized spacial score (nSPS) is 25.2. The Labute approximate surface area is 241 Å². The molecule has 5 rings (SSSR count). The van der Waals surface area contributed by atoms with Crippen molar-refractivity contribution >= 4 is 34.8 Å². The second-order valence-electron chi connectivity index (χ2n) is 11.3. The summed E-state index contributed by atoms with van der Waals surface area (Å²) < 4.78 is 0. The molecule has 2 amide bonds. The van der Waals surface area contributed by atoms with Crippen LogP contribution in [0.2, 0.25) is 0 Å². The van der Waals surface area contributed by atoms with Gasteiger partial charge >= 0.3 is 0 Å². The predicted octanol–water partition coefficient (Wildman–Crippen LogP) is 2.37. The Morgan fingerprint density at radius 3 is 2.48 bits per heavy atom. The SMILES string of the molecule is CCCC(=O)Nc1cccc(-c2ccc(O)c3c2CC2CC4C(N(C)C)C(=O)C(C(N)=O)=C(O)C4(O)C(=O)C2=C3O)c1. The van der Waals surface area contributed by atoms with Crippen molar-refractivity contribution in [3.63, 3.8) is 0 Å². The molecule has 11 heteroatoms. The van der Waals surface area contributed by atoms with Crippen molar-refractivity contribution in [3.05, 3.63) is 64.4 Å². The van der Waals surface area contributed by atoms with E-state index in [1.54, 1.807) is 38.4 Å². The Morgan fingerprint density at radius 1 is 1.12 bits per heavy atom. The fourth-order valence-corrected chi connectivity index (χ4v) is 6.73. The van der Waals surface area contributed by atoms with Crippen molar-refractivity contribution in [1.82, 2.24) is 4.90 Å². The molecule has 42 heavy (non-hydrogen) atoms. The minimum absolute atomic E-state index is 0.00390. The Balaban J connectivity index is 1.66. The number of amides is 2. The number of hydrogen-bond acceptors (Lipinski definition) is 9. The molecule has 1 saturated carbocycles. The number of likely N-dealkylation sites (N-methyl/N-ethyl adjacent to an activating group) is 1. The van der Waals surface area contributed by atoms with E-state index in [9.17, 15) is 39.6 Å². The molecule has 2 aromatic rings. The van der Waals surface area contributed by atoms with Crippen LogP contribution in [0.5, 0.6) is 5.75 Å². The first-order chi connectivity index (χ1) is 19.8. The van der Waals surface area contributed by atoms with Crippen molar-refractivity contribution < 1.29 is 39.6 Å². The van der Waals surface area contributed by atoms with Gasteiger partial charge in [0.15, 0.2) is 11.4 Å². The summed E-state index contributed by atoms with van der Waals surface area (Å²) >= 11 is 0. The van der Waals surface area contributed by atoms with Crippen LogP contribution < -0.4 is 11.1 Å². The van der Waals surface area contributed by atoms with Crippen LogP contribution in [0.3, 0.4) is 0 Å². The molecule has 1 fully saturated rings. The van der Waals surface area contributed by atoms with Gasteiger partial charge in [0, 0.05) is 23.6 Å². The van der Waals surface area contributed by atoms with E-state index in [1.807, 2.05) is 13.0 Å². The molecule has 0 spiro atoms. The molecule has 2 aromatic carbocycles. The van der Waals surface area contributed by atoms with Crippen LogP contribution in [-0.4, -0.2) is 74.4 Å².